The minimum absolute atomic E-state index is 0.0193. The van der Waals surface area contributed by atoms with Gasteiger partial charge in [-0.05, 0) is 18.9 Å². The van der Waals surface area contributed by atoms with Gasteiger partial charge in [-0.15, -0.1) is 0 Å². The lowest BCUT2D eigenvalue weighted by Crippen LogP contribution is -2.36. The topological polar surface area (TPSA) is 32.3 Å². The zero-order valence-electron chi connectivity index (χ0n) is 10.4. The summed E-state index contributed by atoms with van der Waals surface area (Å²) in [4.78, 5) is 0. The van der Waals surface area contributed by atoms with Crippen LogP contribution in [0.2, 0.25) is 5.02 Å². The first-order valence-electron chi connectivity index (χ1n) is 5.78. The first-order chi connectivity index (χ1) is 7.97. The highest BCUT2D eigenvalue weighted by Gasteiger charge is 2.21. The monoisotopic (exact) mass is 259 g/mol. The third kappa shape index (κ3) is 3.66. The molecule has 0 aliphatic carbocycles. The molecule has 2 atom stereocenters. The lowest BCUT2D eigenvalue weighted by atomic mass is 9.95. The summed E-state index contributed by atoms with van der Waals surface area (Å²) in [5.41, 5.74) is 0.549. The van der Waals surface area contributed by atoms with Crippen molar-refractivity contribution in [3.63, 3.8) is 0 Å². The Morgan fingerprint density at radius 2 is 2.00 bits per heavy atom. The van der Waals surface area contributed by atoms with E-state index in [1.54, 1.807) is 12.1 Å². The average Bonchev–Trinajstić information content (AvgIpc) is 2.29. The number of hydrogen-bond acceptors (Lipinski definition) is 2. The summed E-state index contributed by atoms with van der Waals surface area (Å²) < 4.78 is 13.9. The normalized spacial score (nSPS) is 15.0. The molecule has 17 heavy (non-hydrogen) atoms. The smallest absolute Gasteiger partial charge is 0.146 e. The fourth-order valence-electron chi connectivity index (χ4n) is 1.76. The van der Waals surface area contributed by atoms with Gasteiger partial charge in [0.1, 0.15) is 5.82 Å². The molecule has 1 aromatic carbocycles. The van der Waals surface area contributed by atoms with Crippen molar-refractivity contribution in [1.29, 1.82) is 0 Å². The third-order valence-corrected chi connectivity index (χ3v) is 3.01. The van der Waals surface area contributed by atoms with E-state index >= 15 is 0 Å². The zero-order chi connectivity index (χ0) is 13.0. The van der Waals surface area contributed by atoms with Gasteiger partial charge in [0.25, 0.3) is 0 Å². The summed E-state index contributed by atoms with van der Waals surface area (Å²) >= 11 is 5.78. The van der Waals surface area contributed by atoms with E-state index in [-0.39, 0.29) is 35.4 Å². The van der Waals surface area contributed by atoms with Crippen LogP contribution >= 0.6 is 11.6 Å². The van der Waals surface area contributed by atoms with Crippen LogP contribution < -0.4 is 5.32 Å². The van der Waals surface area contributed by atoms with Crippen molar-refractivity contribution in [2.75, 3.05) is 6.61 Å². The molecule has 0 saturated carbocycles. The lowest BCUT2D eigenvalue weighted by molar-refractivity contribution is 0.228. The summed E-state index contributed by atoms with van der Waals surface area (Å²) in [7, 11) is 0. The quantitative estimate of drug-likeness (QED) is 0.852. The summed E-state index contributed by atoms with van der Waals surface area (Å²) in [6.45, 7) is 5.88. The van der Waals surface area contributed by atoms with Gasteiger partial charge in [-0.1, -0.05) is 37.6 Å². The Balaban J connectivity index is 3.01. The molecular formula is C13H19ClFNO. The summed E-state index contributed by atoms with van der Waals surface area (Å²) in [5.74, 6) is -0.178. The number of aliphatic hydroxyl groups excluding tert-OH is 1. The van der Waals surface area contributed by atoms with Crippen LogP contribution in [0.4, 0.5) is 4.39 Å². The van der Waals surface area contributed by atoms with Gasteiger partial charge in [-0.2, -0.15) is 0 Å². The van der Waals surface area contributed by atoms with E-state index in [9.17, 15) is 4.39 Å². The van der Waals surface area contributed by atoms with Gasteiger partial charge >= 0.3 is 0 Å². The Bertz CT molecular complexity index is 370. The van der Waals surface area contributed by atoms with Crippen LogP contribution in [0.3, 0.4) is 0 Å². The SMILES string of the molecule is CC(C)C(N[C@H](C)CO)c1cccc(Cl)c1F. The van der Waals surface area contributed by atoms with Crippen LogP contribution in [0.15, 0.2) is 18.2 Å². The van der Waals surface area contributed by atoms with Gasteiger partial charge in [0.15, 0.2) is 0 Å². The predicted molar refractivity (Wildman–Crippen MR) is 68.7 cm³/mol. The molecule has 0 aromatic heterocycles. The van der Waals surface area contributed by atoms with E-state index in [4.69, 9.17) is 16.7 Å². The highest BCUT2D eigenvalue weighted by molar-refractivity contribution is 6.30. The van der Waals surface area contributed by atoms with Gasteiger partial charge in [0.05, 0.1) is 11.6 Å². The summed E-state index contributed by atoms with van der Waals surface area (Å²) in [5, 5.41) is 12.4. The molecule has 0 radical (unpaired) electrons. The van der Waals surface area contributed by atoms with Crippen molar-refractivity contribution in [1.82, 2.24) is 5.32 Å². The van der Waals surface area contributed by atoms with Crippen LogP contribution in [0.1, 0.15) is 32.4 Å². The second-order valence-corrected chi connectivity index (χ2v) is 5.02. The van der Waals surface area contributed by atoms with Gasteiger partial charge in [0.2, 0.25) is 0 Å². The molecule has 0 saturated heterocycles. The molecule has 1 unspecified atom stereocenters. The summed E-state index contributed by atoms with van der Waals surface area (Å²) in [6.07, 6.45) is 0. The second kappa shape index (κ2) is 6.34. The molecule has 96 valence electrons. The first kappa shape index (κ1) is 14.4. The van der Waals surface area contributed by atoms with Gasteiger partial charge in [-0.3, -0.25) is 0 Å². The lowest BCUT2D eigenvalue weighted by Gasteiger charge is -2.26. The molecule has 2 nitrogen and oxygen atoms in total. The van der Waals surface area contributed by atoms with E-state index in [0.29, 0.717) is 5.56 Å². The van der Waals surface area contributed by atoms with Gasteiger partial charge in [0, 0.05) is 17.6 Å². The third-order valence-electron chi connectivity index (χ3n) is 2.72. The number of nitrogens with one attached hydrogen (secondary N) is 1. The minimum Gasteiger partial charge on any atom is -0.395 e. The van der Waals surface area contributed by atoms with Crippen molar-refractivity contribution in [3.8, 4) is 0 Å². The van der Waals surface area contributed by atoms with Crippen LogP contribution in [-0.4, -0.2) is 17.8 Å². The second-order valence-electron chi connectivity index (χ2n) is 4.62. The molecule has 1 rings (SSSR count). The van der Waals surface area contributed by atoms with Crippen molar-refractivity contribution in [2.45, 2.75) is 32.9 Å². The molecule has 4 heteroatoms. The molecule has 0 aliphatic rings. The van der Waals surface area contributed by atoms with Crippen molar-refractivity contribution in [2.24, 2.45) is 5.92 Å². The van der Waals surface area contributed by atoms with Crippen molar-refractivity contribution >= 4 is 11.6 Å². The molecule has 0 fully saturated rings. The molecule has 0 aliphatic heterocycles. The molecule has 0 bridgehead atoms. The standard InChI is InChI=1S/C13H19ClFNO/c1-8(2)13(16-9(3)7-17)10-5-4-6-11(14)12(10)15/h4-6,8-9,13,16-17H,7H2,1-3H3/t9-,13?/m1/s1. The fraction of sp³-hybridized carbons (Fsp3) is 0.538. The Kier molecular flexibility index (Phi) is 5.37. The number of rotatable bonds is 5. The average molecular weight is 260 g/mol. The van der Waals surface area contributed by atoms with E-state index < -0.39 is 0 Å². The molecule has 1 aromatic rings. The Morgan fingerprint density at radius 1 is 1.35 bits per heavy atom. The van der Waals surface area contributed by atoms with E-state index in [2.05, 4.69) is 5.32 Å². The summed E-state index contributed by atoms with van der Waals surface area (Å²) in [6, 6.07) is 4.76. The van der Waals surface area contributed by atoms with Crippen molar-refractivity contribution in [3.05, 3.63) is 34.6 Å². The van der Waals surface area contributed by atoms with Crippen LogP contribution in [0.25, 0.3) is 0 Å². The molecular weight excluding hydrogens is 241 g/mol. The number of aliphatic hydroxyl groups is 1. The largest absolute Gasteiger partial charge is 0.395 e. The van der Waals surface area contributed by atoms with Crippen molar-refractivity contribution < 1.29 is 9.50 Å². The molecule has 0 heterocycles. The van der Waals surface area contributed by atoms with Gasteiger partial charge < -0.3 is 10.4 Å². The fourth-order valence-corrected chi connectivity index (χ4v) is 1.94. The van der Waals surface area contributed by atoms with Gasteiger partial charge in [-0.25, -0.2) is 4.39 Å². The Hall–Kier alpha value is -0.640. The maximum Gasteiger partial charge on any atom is 0.146 e. The molecule has 2 N–H and O–H groups in total. The molecule has 0 amide bonds. The molecule has 0 spiro atoms. The number of hydrogen-bond donors (Lipinski definition) is 2. The highest BCUT2D eigenvalue weighted by Crippen LogP contribution is 2.28. The Morgan fingerprint density at radius 3 is 2.53 bits per heavy atom. The predicted octanol–water partition coefficient (Wildman–Crippen LogP) is 3.15. The van der Waals surface area contributed by atoms with Crippen LogP contribution in [0, 0.1) is 11.7 Å². The zero-order valence-corrected chi connectivity index (χ0v) is 11.1. The maximum absolute atomic E-state index is 13.9. The highest BCUT2D eigenvalue weighted by atomic mass is 35.5. The maximum atomic E-state index is 13.9. The van der Waals surface area contributed by atoms with E-state index in [1.807, 2.05) is 20.8 Å². The first-order valence-corrected chi connectivity index (χ1v) is 6.16. The minimum atomic E-state index is -0.384. The van der Waals surface area contributed by atoms with Crippen LogP contribution in [0.5, 0.6) is 0 Å². The number of halogens is 2. The Labute approximate surface area is 107 Å². The van der Waals surface area contributed by atoms with Crippen LogP contribution in [-0.2, 0) is 0 Å². The van der Waals surface area contributed by atoms with E-state index in [0.717, 1.165) is 0 Å². The van der Waals surface area contributed by atoms with E-state index in [1.165, 1.54) is 6.07 Å². The number of benzene rings is 1.